The quantitative estimate of drug-likeness (QED) is 0.879. The Labute approximate surface area is 135 Å². The highest BCUT2D eigenvalue weighted by Crippen LogP contribution is 2.43. The minimum atomic E-state index is -4.41. The molecule has 0 spiro atoms. The molecule has 130 valence electrons. The molecule has 8 heteroatoms. The van der Waals surface area contributed by atoms with Crippen molar-refractivity contribution < 1.29 is 32.6 Å². The molecular weight excluding hydrogens is 327 g/mol. The molecule has 1 aromatic carbocycles. The predicted octanol–water partition coefficient (Wildman–Crippen LogP) is 2.20. The summed E-state index contributed by atoms with van der Waals surface area (Å²) < 4.78 is 43.0. The van der Waals surface area contributed by atoms with E-state index >= 15 is 0 Å². The lowest BCUT2D eigenvalue weighted by atomic mass is 9.78. The van der Waals surface area contributed by atoms with Gasteiger partial charge >= 0.3 is 12.1 Å². The number of aliphatic carboxylic acids is 1. The van der Waals surface area contributed by atoms with Gasteiger partial charge in [-0.1, -0.05) is 12.1 Å². The molecule has 2 aliphatic rings. The van der Waals surface area contributed by atoms with E-state index in [1.807, 2.05) is 0 Å². The van der Waals surface area contributed by atoms with E-state index in [4.69, 9.17) is 4.74 Å². The van der Waals surface area contributed by atoms with Gasteiger partial charge in [-0.15, -0.1) is 0 Å². The number of halogens is 3. The predicted molar refractivity (Wildman–Crippen MR) is 75.8 cm³/mol. The minimum Gasteiger partial charge on any atom is -0.481 e. The zero-order chi connectivity index (χ0) is 17.5. The number of hydrogen-bond acceptors (Lipinski definition) is 3. The molecule has 5 nitrogen and oxygen atoms in total. The van der Waals surface area contributed by atoms with Gasteiger partial charge in [0.2, 0.25) is 5.91 Å². The molecular formula is C16H16F3NO4. The zero-order valence-electron chi connectivity index (χ0n) is 12.5. The van der Waals surface area contributed by atoms with Gasteiger partial charge in [0.25, 0.3) is 0 Å². The van der Waals surface area contributed by atoms with Crippen LogP contribution >= 0.6 is 0 Å². The first-order valence-electron chi connectivity index (χ1n) is 7.59. The molecule has 2 bridgehead atoms. The fourth-order valence-corrected chi connectivity index (χ4v) is 3.44. The van der Waals surface area contributed by atoms with Crippen molar-refractivity contribution in [3.05, 3.63) is 35.4 Å². The molecule has 2 N–H and O–H groups in total. The van der Waals surface area contributed by atoms with Gasteiger partial charge in [0, 0.05) is 6.54 Å². The third-order valence-corrected chi connectivity index (χ3v) is 4.61. The highest BCUT2D eigenvalue weighted by Gasteiger charge is 2.55. The standard InChI is InChI=1S/C16H16F3NO4/c17-16(18,19)9-3-1-8(2-4-9)7-20-14(21)12-10-5-6-11(24-10)13(12)15(22)23/h1-4,10-13H,5-7H2,(H,20,21)(H,22,23)/t10-,11+,12?,13?/m1/s1. The molecule has 2 aliphatic heterocycles. The number of fused-ring (bicyclic) bond motifs is 2. The van der Waals surface area contributed by atoms with Crippen LogP contribution in [-0.4, -0.2) is 29.2 Å². The van der Waals surface area contributed by atoms with Crippen molar-refractivity contribution in [1.82, 2.24) is 5.32 Å². The summed E-state index contributed by atoms with van der Waals surface area (Å²) in [7, 11) is 0. The number of carboxylic acids is 1. The highest BCUT2D eigenvalue weighted by atomic mass is 19.4. The number of hydrogen-bond donors (Lipinski definition) is 2. The van der Waals surface area contributed by atoms with Gasteiger partial charge in [-0.05, 0) is 30.5 Å². The van der Waals surface area contributed by atoms with E-state index in [0.29, 0.717) is 18.4 Å². The second-order valence-electron chi connectivity index (χ2n) is 6.09. The van der Waals surface area contributed by atoms with Gasteiger partial charge in [0.1, 0.15) is 0 Å². The first-order valence-corrected chi connectivity index (χ1v) is 7.59. The molecule has 0 aliphatic carbocycles. The Hall–Kier alpha value is -2.09. The van der Waals surface area contributed by atoms with Crippen molar-refractivity contribution in [3.63, 3.8) is 0 Å². The largest absolute Gasteiger partial charge is 0.481 e. The first-order chi connectivity index (χ1) is 11.3. The van der Waals surface area contributed by atoms with Gasteiger partial charge < -0.3 is 15.2 Å². The summed E-state index contributed by atoms with van der Waals surface area (Å²) in [4.78, 5) is 23.7. The van der Waals surface area contributed by atoms with Gasteiger partial charge in [0.05, 0.1) is 29.6 Å². The SMILES string of the molecule is O=C(O)C1C(C(=O)NCc2ccc(C(F)(F)F)cc2)[C@H]2CC[C@@H]1O2. The second-order valence-corrected chi connectivity index (χ2v) is 6.09. The van der Waals surface area contributed by atoms with Crippen LogP contribution in [0.4, 0.5) is 13.2 Å². The topological polar surface area (TPSA) is 75.6 Å². The molecule has 2 fully saturated rings. The monoisotopic (exact) mass is 343 g/mol. The maximum absolute atomic E-state index is 12.5. The summed E-state index contributed by atoms with van der Waals surface area (Å²) in [5.74, 6) is -3.11. The molecule has 1 aromatic rings. The number of amides is 1. The van der Waals surface area contributed by atoms with Crippen LogP contribution in [0.1, 0.15) is 24.0 Å². The van der Waals surface area contributed by atoms with E-state index in [2.05, 4.69) is 5.32 Å². The third-order valence-electron chi connectivity index (χ3n) is 4.61. The Morgan fingerprint density at radius 3 is 2.25 bits per heavy atom. The molecule has 0 radical (unpaired) electrons. The summed E-state index contributed by atoms with van der Waals surface area (Å²) in [6, 6.07) is 4.47. The van der Waals surface area contributed by atoms with Crippen LogP contribution in [0.2, 0.25) is 0 Å². The second kappa shape index (κ2) is 6.08. The Morgan fingerprint density at radius 1 is 1.12 bits per heavy atom. The lowest BCUT2D eigenvalue weighted by Gasteiger charge is -2.23. The Bertz CT molecular complexity index is 644. The Morgan fingerprint density at radius 2 is 1.71 bits per heavy atom. The summed E-state index contributed by atoms with van der Waals surface area (Å²) in [6.45, 7) is 0.0389. The number of ether oxygens (including phenoxy) is 1. The fourth-order valence-electron chi connectivity index (χ4n) is 3.44. The van der Waals surface area contributed by atoms with Crippen LogP contribution in [0, 0.1) is 11.8 Å². The van der Waals surface area contributed by atoms with E-state index in [1.54, 1.807) is 0 Å². The van der Waals surface area contributed by atoms with E-state index in [0.717, 1.165) is 12.1 Å². The van der Waals surface area contributed by atoms with Crippen molar-refractivity contribution in [3.8, 4) is 0 Å². The van der Waals surface area contributed by atoms with Crippen molar-refractivity contribution in [2.45, 2.75) is 37.8 Å². The average Bonchev–Trinajstić information content (AvgIpc) is 3.13. The Balaban J connectivity index is 1.62. The number of carbonyl (C=O) groups excluding carboxylic acids is 1. The number of benzene rings is 1. The van der Waals surface area contributed by atoms with Gasteiger partial charge in [-0.3, -0.25) is 9.59 Å². The maximum Gasteiger partial charge on any atom is 0.416 e. The molecule has 2 heterocycles. The summed E-state index contributed by atoms with van der Waals surface area (Å²) in [5.41, 5.74) is -0.252. The molecule has 3 rings (SSSR count). The maximum atomic E-state index is 12.5. The number of carboxylic acid groups (broad SMARTS) is 1. The summed E-state index contributed by atoms with van der Waals surface area (Å²) in [6.07, 6.45) is -3.97. The highest BCUT2D eigenvalue weighted by molar-refractivity contribution is 5.86. The van der Waals surface area contributed by atoms with Crippen LogP contribution in [-0.2, 0) is 27.0 Å². The minimum absolute atomic E-state index is 0.0389. The molecule has 1 amide bonds. The normalized spacial score (nSPS) is 28.8. The number of carbonyl (C=O) groups is 2. The van der Waals surface area contributed by atoms with Crippen molar-refractivity contribution >= 4 is 11.9 Å². The molecule has 2 unspecified atom stereocenters. The van der Waals surface area contributed by atoms with Crippen LogP contribution in [0.3, 0.4) is 0 Å². The van der Waals surface area contributed by atoms with Crippen LogP contribution in [0.5, 0.6) is 0 Å². The van der Waals surface area contributed by atoms with Crippen LogP contribution in [0.15, 0.2) is 24.3 Å². The van der Waals surface area contributed by atoms with Crippen molar-refractivity contribution in [2.75, 3.05) is 0 Å². The lowest BCUT2D eigenvalue weighted by molar-refractivity contribution is -0.147. The zero-order valence-corrected chi connectivity index (χ0v) is 12.5. The van der Waals surface area contributed by atoms with Crippen LogP contribution < -0.4 is 5.32 Å². The number of rotatable bonds is 4. The smallest absolute Gasteiger partial charge is 0.416 e. The molecule has 2 saturated heterocycles. The first kappa shape index (κ1) is 16.8. The van der Waals surface area contributed by atoms with Crippen molar-refractivity contribution in [2.24, 2.45) is 11.8 Å². The van der Waals surface area contributed by atoms with Gasteiger partial charge in [-0.25, -0.2) is 0 Å². The van der Waals surface area contributed by atoms with Crippen LogP contribution in [0.25, 0.3) is 0 Å². The number of alkyl halides is 3. The summed E-state index contributed by atoms with van der Waals surface area (Å²) in [5, 5.41) is 11.9. The molecule has 24 heavy (non-hydrogen) atoms. The van der Waals surface area contributed by atoms with Crippen molar-refractivity contribution in [1.29, 1.82) is 0 Å². The summed E-state index contributed by atoms with van der Waals surface area (Å²) >= 11 is 0. The van der Waals surface area contributed by atoms with E-state index < -0.39 is 47.7 Å². The molecule has 4 atom stereocenters. The number of nitrogens with one attached hydrogen (secondary N) is 1. The van der Waals surface area contributed by atoms with E-state index in [9.17, 15) is 27.9 Å². The molecule has 0 saturated carbocycles. The van der Waals surface area contributed by atoms with E-state index in [-0.39, 0.29) is 6.54 Å². The molecule has 0 aromatic heterocycles. The lowest BCUT2D eigenvalue weighted by Crippen LogP contribution is -2.43. The van der Waals surface area contributed by atoms with E-state index in [1.165, 1.54) is 12.1 Å². The Kier molecular flexibility index (Phi) is 4.25. The fraction of sp³-hybridized carbons (Fsp3) is 0.500. The average molecular weight is 343 g/mol. The van der Waals surface area contributed by atoms with Gasteiger partial charge in [-0.2, -0.15) is 13.2 Å². The van der Waals surface area contributed by atoms with Gasteiger partial charge in [0.15, 0.2) is 0 Å². The third kappa shape index (κ3) is 3.10.